The van der Waals surface area contributed by atoms with Gasteiger partial charge in [-0.2, -0.15) is 0 Å². The average Bonchev–Trinajstić information content (AvgIpc) is 3.06. The van der Waals surface area contributed by atoms with E-state index in [2.05, 4.69) is 0 Å². The van der Waals surface area contributed by atoms with Crippen molar-refractivity contribution in [1.29, 1.82) is 0 Å². The molecule has 0 N–H and O–H groups in total. The number of carbonyl (C=O) groups excluding carboxylic acids is 1. The molecule has 0 saturated heterocycles. The van der Waals surface area contributed by atoms with E-state index in [-0.39, 0.29) is 12.0 Å². The average molecular weight is 315 g/mol. The molecule has 1 amide bonds. The van der Waals surface area contributed by atoms with Crippen molar-refractivity contribution in [3.05, 3.63) is 52.7 Å². The summed E-state index contributed by atoms with van der Waals surface area (Å²) >= 11 is 1.60. The molecule has 2 heterocycles. The first-order valence-electron chi connectivity index (χ1n) is 7.07. The Morgan fingerprint density at radius 2 is 2.14 bits per heavy atom. The van der Waals surface area contributed by atoms with E-state index in [0.717, 1.165) is 16.4 Å². The fourth-order valence-electron chi connectivity index (χ4n) is 2.22. The number of hydrogen-bond donors (Lipinski definition) is 0. The summed E-state index contributed by atoms with van der Waals surface area (Å²) in [6, 6.07) is 11.5. The molecule has 1 aliphatic rings. The highest BCUT2D eigenvalue weighted by atomic mass is 32.1. The lowest BCUT2D eigenvalue weighted by Crippen LogP contribution is -2.41. The molecule has 3 rings (SSSR count). The molecule has 1 atom stereocenters. The number of rotatable bonds is 4. The molecule has 1 aromatic carbocycles. The molecule has 0 radical (unpaired) electrons. The van der Waals surface area contributed by atoms with E-state index in [1.165, 1.54) is 0 Å². The number of benzene rings is 1. The smallest absolute Gasteiger partial charge is 0.246 e. The summed E-state index contributed by atoms with van der Waals surface area (Å²) in [6.45, 7) is 0.936. The first-order chi connectivity index (χ1) is 10.7. The maximum atomic E-state index is 12.1. The van der Waals surface area contributed by atoms with Crippen molar-refractivity contribution in [3.8, 4) is 11.5 Å². The lowest BCUT2D eigenvalue weighted by Gasteiger charge is -2.29. The molecule has 1 unspecified atom stereocenters. The van der Waals surface area contributed by atoms with Crippen LogP contribution in [0.4, 0.5) is 0 Å². The Bertz CT molecular complexity index is 666. The van der Waals surface area contributed by atoms with E-state index in [9.17, 15) is 4.79 Å². The largest absolute Gasteiger partial charge is 0.486 e. The normalized spacial score (nSPS) is 16.7. The Balaban J connectivity index is 1.56. The summed E-state index contributed by atoms with van der Waals surface area (Å²) in [7, 11) is 1.77. The second-order valence-corrected chi connectivity index (χ2v) is 6.04. The summed E-state index contributed by atoms with van der Waals surface area (Å²) in [5, 5.41) is 1.98. The van der Waals surface area contributed by atoms with Crippen molar-refractivity contribution in [2.75, 3.05) is 20.2 Å². The molecule has 114 valence electrons. The van der Waals surface area contributed by atoms with Gasteiger partial charge in [0.2, 0.25) is 5.91 Å². The highest BCUT2D eigenvalue weighted by molar-refractivity contribution is 7.10. The van der Waals surface area contributed by atoms with Gasteiger partial charge in [0.1, 0.15) is 6.61 Å². The van der Waals surface area contributed by atoms with Crippen LogP contribution in [0.15, 0.2) is 47.9 Å². The zero-order valence-electron chi connectivity index (χ0n) is 12.3. The second kappa shape index (κ2) is 6.66. The Labute approximate surface area is 133 Å². The summed E-state index contributed by atoms with van der Waals surface area (Å²) in [4.78, 5) is 14.8. The van der Waals surface area contributed by atoms with Gasteiger partial charge in [0.15, 0.2) is 17.6 Å². The van der Waals surface area contributed by atoms with Gasteiger partial charge < -0.3 is 14.4 Å². The summed E-state index contributed by atoms with van der Waals surface area (Å²) in [5.41, 5.74) is 0. The lowest BCUT2D eigenvalue weighted by molar-refractivity contribution is -0.126. The Kier molecular flexibility index (Phi) is 4.44. The molecule has 4 nitrogen and oxygen atoms in total. The van der Waals surface area contributed by atoms with Crippen molar-refractivity contribution < 1.29 is 14.3 Å². The van der Waals surface area contributed by atoms with E-state index in [1.54, 1.807) is 29.4 Å². The van der Waals surface area contributed by atoms with Gasteiger partial charge >= 0.3 is 0 Å². The predicted molar refractivity (Wildman–Crippen MR) is 87.3 cm³/mol. The molecule has 1 aromatic heterocycles. The van der Waals surface area contributed by atoms with Crippen molar-refractivity contribution in [2.45, 2.75) is 6.10 Å². The minimum atomic E-state index is -0.154. The number of nitrogens with zero attached hydrogens (tertiary/aromatic N) is 1. The van der Waals surface area contributed by atoms with Crippen LogP contribution in [0.1, 0.15) is 4.88 Å². The third kappa shape index (κ3) is 3.49. The first kappa shape index (κ1) is 14.7. The quantitative estimate of drug-likeness (QED) is 0.814. The minimum Gasteiger partial charge on any atom is -0.486 e. The lowest BCUT2D eigenvalue weighted by atomic mass is 10.2. The second-order valence-electron chi connectivity index (χ2n) is 5.07. The van der Waals surface area contributed by atoms with Gasteiger partial charge in [-0.15, -0.1) is 11.3 Å². The monoisotopic (exact) mass is 315 g/mol. The van der Waals surface area contributed by atoms with Gasteiger partial charge in [0, 0.05) is 18.0 Å². The van der Waals surface area contributed by atoms with E-state index in [0.29, 0.717) is 13.2 Å². The molecule has 0 saturated carbocycles. The van der Waals surface area contributed by atoms with Crippen LogP contribution in [0.25, 0.3) is 6.08 Å². The van der Waals surface area contributed by atoms with Crippen molar-refractivity contribution in [2.24, 2.45) is 0 Å². The third-order valence-electron chi connectivity index (χ3n) is 3.35. The number of fused-ring (bicyclic) bond motifs is 1. The maximum Gasteiger partial charge on any atom is 0.246 e. The maximum absolute atomic E-state index is 12.1. The molecule has 0 aliphatic carbocycles. The molecule has 5 heteroatoms. The Morgan fingerprint density at radius 1 is 1.32 bits per heavy atom. The molecule has 22 heavy (non-hydrogen) atoms. The van der Waals surface area contributed by atoms with Crippen molar-refractivity contribution in [3.63, 3.8) is 0 Å². The summed E-state index contributed by atoms with van der Waals surface area (Å²) in [6.07, 6.45) is 3.26. The van der Waals surface area contributed by atoms with E-state index in [4.69, 9.17) is 9.47 Å². The predicted octanol–water partition coefficient (Wildman–Crippen LogP) is 3.06. The standard InChI is InChI=1S/C17H17NO3S/c1-18(17(19)9-8-14-5-4-10-22-14)11-13-12-20-15-6-2-3-7-16(15)21-13/h2-10,13H,11-12H2,1H3/b9-8+. The fraction of sp³-hybridized carbons (Fsp3) is 0.235. The zero-order valence-corrected chi connectivity index (χ0v) is 13.1. The summed E-state index contributed by atoms with van der Waals surface area (Å²) in [5.74, 6) is 1.44. The number of carbonyl (C=O) groups is 1. The molecule has 0 bridgehead atoms. The van der Waals surface area contributed by atoms with Crippen molar-refractivity contribution in [1.82, 2.24) is 4.90 Å². The van der Waals surface area contributed by atoms with Gasteiger partial charge in [0.25, 0.3) is 0 Å². The van der Waals surface area contributed by atoms with Gasteiger partial charge in [-0.05, 0) is 29.7 Å². The molecule has 1 aliphatic heterocycles. The summed E-state index contributed by atoms with van der Waals surface area (Å²) < 4.78 is 11.5. The van der Waals surface area contributed by atoms with E-state index >= 15 is 0 Å². The SMILES string of the molecule is CN(CC1COc2ccccc2O1)C(=O)/C=C/c1cccs1. The van der Waals surface area contributed by atoms with Crippen LogP contribution >= 0.6 is 11.3 Å². The Hall–Kier alpha value is -2.27. The number of ether oxygens (including phenoxy) is 2. The van der Waals surface area contributed by atoms with Gasteiger partial charge in [0.05, 0.1) is 6.54 Å². The van der Waals surface area contributed by atoms with Crippen LogP contribution in [-0.4, -0.2) is 37.1 Å². The van der Waals surface area contributed by atoms with Gasteiger partial charge in [-0.25, -0.2) is 0 Å². The number of thiophene rings is 1. The number of amides is 1. The van der Waals surface area contributed by atoms with Gasteiger partial charge in [-0.3, -0.25) is 4.79 Å². The fourth-order valence-corrected chi connectivity index (χ4v) is 2.83. The molecule has 2 aromatic rings. The molecule has 0 spiro atoms. The van der Waals surface area contributed by atoms with Crippen LogP contribution in [0.2, 0.25) is 0 Å². The van der Waals surface area contributed by atoms with E-state index < -0.39 is 0 Å². The number of hydrogen-bond acceptors (Lipinski definition) is 4. The zero-order chi connectivity index (χ0) is 15.4. The minimum absolute atomic E-state index is 0.0455. The third-order valence-corrected chi connectivity index (χ3v) is 4.19. The highest BCUT2D eigenvalue weighted by Gasteiger charge is 2.22. The molecular formula is C17H17NO3S. The van der Waals surface area contributed by atoms with E-state index in [1.807, 2.05) is 47.9 Å². The Morgan fingerprint density at radius 3 is 2.91 bits per heavy atom. The number of likely N-dealkylation sites (N-methyl/N-ethyl adjacent to an activating group) is 1. The van der Waals surface area contributed by atoms with Crippen LogP contribution in [0.5, 0.6) is 11.5 Å². The first-order valence-corrected chi connectivity index (χ1v) is 7.95. The van der Waals surface area contributed by atoms with Gasteiger partial charge in [-0.1, -0.05) is 18.2 Å². The highest BCUT2D eigenvalue weighted by Crippen LogP contribution is 2.30. The van der Waals surface area contributed by atoms with Crippen LogP contribution in [0, 0.1) is 0 Å². The van der Waals surface area contributed by atoms with Crippen LogP contribution in [-0.2, 0) is 4.79 Å². The van der Waals surface area contributed by atoms with Crippen LogP contribution < -0.4 is 9.47 Å². The van der Waals surface area contributed by atoms with Crippen molar-refractivity contribution >= 4 is 23.3 Å². The topological polar surface area (TPSA) is 38.8 Å². The number of para-hydroxylation sites is 2. The van der Waals surface area contributed by atoms with Crippen LogP contribution in [0.3, 0.4) is 0 Å². The molecule has 0 fully saturated rings. The molecular weight excluding hydrogens is 298 g/mol.